The maximum atomic E-state index is 5.23. The molecule has 0 bridgehead atoms. The van der Waals surface area contributed by atoms with Gasteiger partial charge in [0.2, 0.25) is 11.9 Å². The maximum absolute atomic E-state index is 5.23. The molecule has 0 aromatic carbocycles. The van der Waals surface area contributed by atoms with Crippen LogP contribution < -0.4 is 21.3 Å². The number of nitrogens with one attached hydrogen (secondary N) is 2. The highest BCUT2D eigenvalue weighted by Crippen LogP contribution is 2.11. The van der Waals surface area contributed by atoms with E-state index in [1.807, 2.05) is 6.07 Å². The summed E-state index contributed by atoms with van der Waals surface area (Å²) in [6.45, 7) is 0.535. The Morgan fingerprint density at radius 2 is 2.18 bits per heavy atom. The molecule has 0 aliphatic rings. The van der Waals surface area contributed by atoms with E-state index in [9.17, 15) is 0 Å². The highest BCUT2D eigenvalue weighted by atomic mass is 16.5. The van der Waals surface area contributed by atoms with Crippen molar-refractivity contribution in [1.29, 1.82) is 0 Å². The van der Waals surface area contributed by atoms with Crippen LogP contribution in [0.2, 0.25) is 0 Å². The van der Waals surface area contributed by atoms with Gasteiger partial charge in [0, 0.05) is 12.1 Å². The topological polar surface area (TPSA) is 111 Å². The van der Waals surface area contributed by atoms with Gasteiger partial charge in [-0.25, -0.2) is 5.84 Å². The third-order valence-electron chi connectivity index (χ3n) is 1.96. The van der Waals surface area contributed by atoms with E-state index >= 15 is 0 Å². The van der Waals surface area contributed by atoms with Crippen LogP contribution in [0.3, 0.4) is 0 Å². The molecule has 0 spiro atoms. The highest BCUT2D eigenvalue weighted by Gasteiger charge is 2.05. The SMILES string of the molecule is COc1nc(NN)nc(NCc2ccoc2)n1. The van der Waals surface area contributed by atoms with Crippen molar-refractivity contribution in [2.24, 2.45) is 5.84 Å². The van der Waals surface area contributed by atoms with Gasteiger partial charge in [0.1, 0.15) is 0 Å². The molecule has 2 aromatic rings. The van der Waals surface area contributed by atoms with Crippen molar-refractivity contribution in [3.63, 3.8) is 0 Å². The van der Waals surface area contributed by atoms with E-state index in [0.717, 1.165) is 5.56 Å². The van der Waals surface area contributed by atoms with E-state index in [1.165, 1.54) is 7.11 Å². The van der Waals surface area contributed by atoms with Crippen molar-refractivity contribution in [3.8, 4) is 6.01 Å². The lowest BCUT2D eigenvalue weighted by molar-refractivity contribution is 0.379. The molecule has 4 N–H and O–H groups in total. The average Bonchev–Trinajstić information content (AvgIpc) is 2.89. The molecular formula is C9H12N6O2. The lowest BCUT2D eigenvalue weighted by atomic mass is 10.3. The largest absolute Gasteiger partial charge is 0.472 e. The van der Waals surface area contributed by atoms with Crippen LogP contribution in [0.25, 0.3) is 0 Å². The van der Waals surface area contributed by atoms with Gasteiger partial charge in [0.25, 0.3) is 0 Å². The Labute approximate surface area is 97.2 Å². The van der Waals surface area contributed by atoms with Gasteiger partial charge in [-0.1, -0.05) is 0 Å². The van der Waals surface area contributed by atoms with Gasteiger partial charge in [-0.3, -0.25) is 5.43 Å². The number of ether oxygens (including phenoxy) is 1. The van der Waals surface area contributed by atoms with Crippen molar-refractivity contribution in [2.45, 2.75) is 6.54 Å². The van der Waals surface area contributed by atoms with Crippen LogP contribution in [0.5, 0.6) is 6.01 Å². The zero-order chi connectivity index (χ0) is 12.1. The number of nitrogen functional groups attached to an aromatic ring is 1. The van der Waals surface area contributed by atoms with Crippen LogP contribution in [0.15, 0.2) is 23.0 Å². The Morgan fingerprint density at radius 3 is 2.82 bits per heavy atom. The molecule has 2 aromatic heterocycles. The van der Waals surface area contributed by atoms with Gasteiger partial charge in [-0.05, 0) is 6.07 Å². The van der Waals surface area contributed by atoms with E-state index in [1.54, 1.807) is 12.5 Å². The minimum atomic E-state index is 0.183. The number of rotatable bonds is 5. The first-order chi connectivity index (χ1) is 8.31. The minimum absolute atomic E-state index is 0.183. The van der Waals surface area contributed by atoms with Gasteiger partial charge in [-0.15, -0.1) is 0 Å². The zero-order valence-electron chi connectivity index (χ0n) is 9.17. The van der Waals surface area contributed by atoms with E-state index in [2.05, 4.69) is 25.7 Å². The summed E-state index contributed by atoms with van der Waals surface area (Å²) in [4.78, 5) is 11.9. The second-order valence-corrected chi connectivity index (χ2v) is 3.10. The minimum Gasteiger partial charge on any atom is -0.472 e. The standard InChI is InChI=1S/C9H12N6O2/c1-16-9-13-7(12-8(14-9)15-10)11-4-6-2-3-17-5-6/h2-3,5H,4,10H2,1H3,(H2,11,12,13,14,15). The first kappa shape index (κ1) is 11.1. The number of anilines is 2. The van der Waals surface area contributed by atoms with Crippen LogP contribution in [0, 0.1) is 0 Å². The van der Waals surface area contributed by atoms with E-state index < -0.39 is 0 Å². The van der Waals surface area contributed by atoms with Crippen LogP contribution in [-0.4, -0.2) is 22.1 Å². The van der Waals surface area contributed by atoms with Crippen LogP contribution >= 0.6 is 0 Å². The predicted molar refractivity (Wildman–Crippen MR) is 60.2 cm³/mol. The number of methoxy groups -OCH3 is 1. The Balaban J connectivity index is 2.09. The van der Waals surface area contributed by atoms with E-state index in [0.29, 0.717) is 12.5 Å². The Bertz CT molecular complexity index is 450. The third-order valence-corrected chi connectivity index (χ3v) is 1.96. The van der Waals surface area contributed by atoms with Crippen LogP contribution in [-0.2, 0) is 6.54 Å². The van der Waals surface area contributed by atoms with Crippen LogP contribution in [0.4, 0.5) is 11.9 Å². The van der Waals surface area contributed by atoms with E-state index in [-0.39, 0.29) is 12.0 Å². The maximum Gasteiger partial charge on any atom is 0.322 e. The second kappa shape index (κ2) is 5.12. The molecular weight excluding hydrogens is 224 g/mol. The van der Waals surface area contributed by atoms with E-state index in [4.69, 9.17) is 15.0 Å². The summed E-state index contributed by atoms with van der Waals surface area (Å²) in [5.74, 6) is 5.83. The Kier molecular flexibility index (Phi) is 3.36. The van der Waals surface area contributed by atoms with Gasteiger partial charge in [0.05, 0.1) is 19.6 Å². The summed E-state index contributed by atoms with van der Waals surface area (Å²) < 4.78 is 9.86. The van der Waals surface area contributed by atoms with Crippen molar-refractivity contribution in [1.82, 2.24) is 15.0 Å². The summed E-state index contributed by atoms with van der Waals surface area (Å²) in [6, 6.07) is 2.02. The molecule has 0 saturated heterocycles. The molecule has 8 heteroatoms. The molecule has 17 heavy (non-hydrogen) atoms. The molecule has 2 rings (SSSR count). The van der Waals surface area contributed by atoms with Gasteiger partial charge < -0.3 is 14.5 Å². The number of nitrogens with zero attached hydrogens (tertiary/aromatic N) is 3. The molecule has 0 radical (unpaired) electrons. The lowest BCUT2D eigenvalue weighted by Gasteiger charge is -2.06. The predicted octanol–water partition coefficient (Wildman–Crippen LogP) is 0.371. The Morgan fingerprint density at radius 1 is 1.35 bits per heavy atom. The van der Waals surface area contributed by atoms with Crippen molar-refractivity contribution < 1.29 is 9.15 Å². The van der Waals surface area contributed by atoms with Crippen molar-refractivity contribution in [3.05, 3.63) is 24.2 Å². The summed E-state index contributed by atoms with van der Waals surface area (Å²) in [5, 5.41) is 3.00. The number of aromatic nitrogens is 3. The van der Waals surface area contributed by atoms with Crippen molar-refractivity contribution in [2.75, 3.05) is 17.9 Å². The number of hydrogen-bond donors (Lipinski definition) is 3. The average molecular weight is 236 g/mol. The number of hydrogen-bond acceptors (Lipinski definition) is 8. The number of nitrogens with two attached hydrogens (primary N) is 1. The molecule has 8 nitrogen and oxygen atoms in total. The monoisotopic (exact) mass is 236 g/mol. The summed E-state index contributed by atoms with van der Waals surface area (Å²) in [5.41, 5.74) is 3.31. The number of furan rings is 1. The van der Waals surface area contributed by atoms with Crippen molar-refractivity contribution >= 4 is 11.9 Å². The molecule has 0 aliphatic carbocycles. The fourth-order valence-corrected chi connectivity index (χ4v) is 1.17. The molecule has 90 valence electrons. The Hall–Kier alpha value is -2.35. The number of hydrazine groups is 1. The zero-order valence-corrected chi connectivity index (χ0v) is 9.17. The highest BCUT2D eigenvalue weighted by molar-refractivity contribution is 5.35. The second-order valence-electron chi connectivity index (χ2n) is 3.10. The first-order valence-corrected chi connectivity index (χ1v) is 4.83. The molecule has 0 aliphatic heterocycles. The fourth-order valence-electron chi connectivity index (χ4n) is 1.17. The first-order valence-electron chi connectivity index (χ1n) is 4.83. The molecule has 0 fully saturated rings. The molecule has 0 atom stereocenters. The molecule has 0 saturated carbocycles. The fraction of sp³-hybridized carbons (Fsp3) is 0.222. The quantitative estimate of drug-likeness (QED) is 0.504. The molecule has 0 unspecified atom stereocenters. The summed E-state index contributed by atoms with van der Waals surface area (Å²) >= 11 is 0. The summed E-state index contributed by atoms with van der Waals surface area (Å²) in [6.07, 6.45) is 3.23. The van der Waals surface area contributed by atoms with Gasteiger partial charge in [-0.2, -0.15) is 15.0 Å². The molecule has 2 heterocycles. The smallest absolute Gasteiger partial charge is 0.322 e. The van der Waals surface area contributed by atoms with Gasteiger partial charge in [0.15, 0.2) is 0 Å². The lowest BCUT2D eigenvalue weighted by Crippen LogP contribution is -2.14. The normalized spacial score (nSPS) is 10.0. The molecule has 0 amide bonds. The summed E-state index contributed by atoms with van der Waals surface area (Å²) in [7, 11) is 1.47. The van der Waals surface area contributed by atoms with Gasteiger partial charge >= 0.3 is 6.01 Å². The van der Waals surface area contributed by atoms with Crippen LogP contribution in [0.1, 0.15) is 5.56 Å². The third kappa shape index (κ3) is 2.82.